The maximum atomic E-state index is 6.07. The monoisotopic (exact) mass is 276 g/mol. The van der Waals surface area contributed by atoms with Gasteiger partial charge in [-0.3, -0.25) is 0 Å². The van der Waals surface area contributed by atoms with Crippen molar-refractivity contribution in [1.82, 2.24) is 4.98 Å². The minimum absolute atomic E-state index is 0.512. The molecule has 0 saturated carbocycles. The van der Waals surface area contributed by atoms with Crippen LogP contribution in [-0.4, -0.2) is 11.5 Å². The van der Waals surface area contributed by atoms with E-state index in [0.29, 0.717) is 13.2 Å². The van der Waals surface area contributed by atoms with Crippen molar-refractivity contribution in [3.63, 3.8) is 0 Å². The maximum absolute atomic E-state index is 6.07. The Balaban J connectivity index is 1.89. The van der Waals surface area contributed by atoms with Gasteiger partial charge in [0.1, 0.15) is 5.82 Å². The summed E-state index contributed by atoms with van der Waals surface area (Å²) in [5, 5.41) is 3.92. The van der Waals surface area contributed by atoms with Crippen molar-refractivity contribution >= 4 is 17.4 Å². The van der Waals surface area contributed by atoms with Crippen LogP contribution in [-0.2, 0) is 18.0 Å². The molecule has 0 unspecified atom stereocenters. The molecular formula is C15H17ClN2O. The van der Waals surface area contributed by atoms with E-state index in [9.17, 15) is 0 Å². The van der Waals surface area contributed by atoms with Crippen LogP contribution in [0.5, 0.6) is 0 Å². The van der Waals surface area contributed by atoms with Crippen LogP contribution in [0.3, 0.4) is 0 Å². The second kappa shape index (κ2) is 7.12. The van der Waals surface area contributed by atoms with Gasteiger partial charge in [0.15, 0.2) is 0 Å². The molecule has 100 valence electrons. The van der Waals surface area contributed by atoms with Crippen LogP contribution < -0.4 is 5.32 Å². The molecule has 0 saturated heterocycles. The molecule has 4 heteroatoms. The second-order valence-corrected chi connectivity index (χ2v) is 4.57. The molecule has 1 aromatic carbocycles. The Morgan fingerprint density at radius 3 is 2.84 bits per heavy atom. The lowest BCUT2D eigenvalue weighted by Gasteiger charge is -2.08. The molecule has 0 bridgehead atoms. The summed E-state index contributed by atoms with van der Waals surface area (Å²) in [4.78, 5) is 4.22. The largest absolute Gasteiger partial charge is 0.372 e. The molecular weight excluding hydrogens is 260 g/mol. The minimum atomic E-state index is 0.512. The molecule has 0 aliphatic heterocycles. The summed E-state index contributed by atoms with van der Waals surface area (Å²) < 4.78 is 5.68. The van der Waals surface area contributed by atoms with E-state index in [0.717, 1.165) is 28.5 Å². The lowest BCUT2D eigenvalue weighted by molar-refractivity contribution is 0.107. The molecule has 0 aliphatic rings. The number of pyridine rings is 1. The summed E-state index contributed by atoms with van der Waals surface area (Å²) in [5.41, 5.74) is 2.10. The van der Waals surface area contributed by atoms with Crippen LogP contribution in [0.15, 0.2) is 42.6 Å². The number of hydrogen-bond donors (Lipinski definition) is 1. The number of halogens is 1. The van der Waals surface area contributed by atoms with E-state index in [1.54, 1.807) is 6.20 Å². The van der Waals surface area contributed by atoms with Gasteiger partial charge < -0.3 is 10.1 Å². The number of rotatable bonds is 6. The average molecular weight is 277 g/mol. The molecule has 0 amide bonds. The molecule has 0 aliphatic carbocycles. The van der Waals surface area contributed by atoms with Gasteiger partial charge in [0.25, 0.3) is 0 Å². The van der Waals surface area contributed by atoms with E-state index < -0.39 is 0 Å². The number of aromatic nitrogens is 1. The zero-order valence-electron chi connectivity index (χ0n) is 10.9. The van der Waals surface area contributed by atoms with E-state index in [1.807, 2.05) is 43.3 Å². The highest BCUT2D eigenvalue weighted by molar-refractivity contribution is 6.31. The molecule has 0 radical (unpaired) electrons. The van der Waals surface area contributed by atoms with Crippen molar-refractivity contribution in [2.45, 2.75) is 20.1 Å². The first kappa shape index (κ1) is 13.8. The third-order valence-corrected chi connectivity index (χ3v) is 3.04. The molecule has 1 heterocycles. The lowest BCUT2D eigenvalue weighted by Crippen LogP contribution is -2.01. The highest BCUT2D eigenvalue weighted by Crippen LogP contribution is 2.16. The van der Waals surface area contributed by atoms with Crippen LogP contribution in [0.25, 0.3) is 0 Å². The van der Waals surface area contributed by atoms with E-state index in [-0.39, 0.29) is 0 Å². The first-order valence-electron chi connectivity index (χ1n) is 6.29. The third-order valence-electron chi connectivity index (χ3n) is 2.67. The van der Waals surface area contributed by atoms with E-state index in [4.69, 9.17) is 16.3 Å². The summed E-state index contributed by atoms with van der Waals surface area (Å²) >= 11 is 6.07. The number of hydrogen-bond acceptors (Lipinski definition) is 3. The molecule has 0 spiro atoms. The molecule has 19 heavy (non-hydrogen) atoms. The summed E-state index contributed by atoms with van der Waals surface area (Å²) in [6, 6.07) is 11.7. The number of ether oxygens (including phenoxy) is 1. The zero-order valence-corrected chi connectivity index (χ0v) is 11.7. The first-order valence-corrected chi connectivity index (χ1v) is 6.67. The van der Waals surface area contributed by atoms with Gasteiger partial charge in [0.05, 0.1) is 13.2 Å². The highest BCUT2D eigenvalue weighted by Gasteiger charge is 2.00. The van der Waals surface area contributed by atoms with Crippen LogP contribution >= 0.6 is 11.6 Å². The summed E-state index contributed by atoms with van der Waals surface area (Å²) in [5.74, 6) is 0.876. The van der Waals surface area contributed by atoms with Crippen LogP contribution in [0.4, 0.5) is 5.82 Å². The van der Waals surface area contributed by atoms with Gasteiger partial charge in [-0.25, -0.2) is 4.98 Å². The Labute approximate surface area is 118 Å². The Kier molecular flexibility index (Phi) is 5.19. The van der Waals surface area contributed by atoms with Gasteiger partial charge in [-0.2, -0.15) is 0 Å². The number of nitrogens with zero attached hydrogens (tertiary/aromatic N) is 1. The van der Waals surface area contributed by atoms with E-state index in [1.165, 1.54) is 0 Å². The molecule has 0 fully saturated rings. The minimum Gasteiger partial charge on any atom is -0.372 e. The van der Waals surface area contributed by atoms with Gasteiger partial charge in [0.2, 0.25) is 0 Å². The maximum Gasteiger partial charge on any atom is 0.126 e. The fourth-order valence-electron chi connectivity index (χ4n) is 1.74. The van der Waals surface area contributed by atoms with Gasteiger partial charge in [0, 0.05) is 17.8 Å². The first-order chi connectivity index (χ1) is 9.29. The average Bonchev–Trinajstić information content (AvgIpc) is 2.42. The van der Waals surface area contributed by atoms with Crippen molar-refractivity contribution < 1.29 is 4.74 Å². The van der Waals surface area contributed by atoms with Crippen molar-refractivity contribution in [2.75, 3.05) is 11.9 Å². The topological polar surface area (TPSA) is 34.1 Å². The predicted octanol–water partition coefficient (Wildman–Crippen LogP) is 3.88. The molecule has 2 rings (SSSR count). The Morgan fingerprint density at radius 2 is 2.05 bits per heavy atom. The van der Waals surface area contributed by atoms with Crippen molar-refractivity contribution in [3.8, 4) is 0 Å². The second-order valence-electron chi connectivity index (χ2n) is 4.16. The summed E-state index contributed by atoms with van der Waals surface area (Å²) in [6.45, 7) is 3.96. The fourth-order valence-corrected chi connectivity index (χ4v) is 1.93. The molecule has 2 aromatic rings. The smallest absolute Gasteiger partial charge is 0.126 e. The van der Waals surface area contributed by atoms with Crippen LogP contribution in [0.2, 0.25) is 5.02 Å². The van der Waals surface area contributed by atoms with Crippen molar-refractivity contribution in [2.24, 2.45) is 0 Å². The third kappa shape index (κ3) is 4.23. The Morgan fingerprint density at radius 1 is 1.21 bits per heavy atom. The van der Waals surface area contributed by atoms with Gasteiger partial charge in [-0.05, 0) is 36.2 Å². The van der Waals surface area contributed by atoms with Gasteiger partial charge in [-0.1, -0.05) is 29.8 Å². The molecule has 1 aromatic heterocycles. The number of benzene rings is 1. The van der Waals surface area contributed by atoms with Crippen molar-refractivity contribution in [1.29, 1.82) is 0 Å². The molecule has 0 atom stereocenters. The Bertz CT molecular complexity index is 531. The number of nitrogens with one attached hydrogen (secondary N) is 1. The summed E-state index contributed by atoms with van der Waals surface area (Å²) in [7, 11) is 0. The van der Waals surface area contributed by atoms with E-state index >= 15 is 0 Å². The molecule has 1 N–H and O–H groups in total. The number of anilines is 1. The summed E-state index contributed by atoms with van der Waals surface area (Å²) in [6.07, 6.45) is 1.78. The van der Waals surface area contributed by atoms with E-state index in [2.05, 4.69) is 10.3 Å². The Hall–Kier alpha value is -1.58. The van der Waals surface area contributed by atoms with Crippen LogP contribution in [0.1, 0.15) is 18.1 Å². The zero-order chi connectivity index (χ0) is 13.5. The quantitative estimate of drug-likeness (QED) is 0.869. The normalized spacial score (nSPS) is 10.4. The molecule has 3 nitrogen and oxygen atoms in total. The predicted molar refractivity (Wildman–Crippen MR) is 78.3 cm³/mol. The lowest BCUT2D eigenvalue weighted by atomic mass is 10.2. The fraction of sp³-hybridized carbons (Fsp3) is 0.267. The SMILES string of the molecule is CCNc1cc(COCc2ccccc2Cl)ccn1. The van der Waals surface area contributed by atoms with Gasteiger partial charge >= 0.3 is 0 Å². The van der Waals surface area contributed by atoms with Crippen molar-refractivity contribution in [3.05, 3.63) is 58.7 Å². The van der Waals surface area contributed by atoms with Crippen LogP contribution in [0, 0.1) is 0 Å². The van der Waals surface area contributed by atoms with Gasteiger partial charge in [-0.15, -0.1) is 0 Å². The highest BCUT2D eigenvalue weighted by atomic mass is 35.5. The standard InChI is InChI=1S/C15H17ClN2O/c1-2-17-15-9-12(7-8-18-15)10-19-11-13-5-3-4-6-14(13)16/h3-9H,2,10-11H2,1H3,(H,17,18).